The monoisotopic (exact) mass is 531 g/mol. The molecule has 0 aliphatic heterocycles. The van der Waals surface area contributed by atoms with Crippen LogP contribution in [0.1, 0.15) is 44.0 Å². The van der Waals surface area contributed by atoms with E-state index in [1.54, 1.807) is 45.0 Å². The molecule has 0 atom stereocenters. The first kappa shape index (κ1) is 28.5. The molecule has 0 aliphatic rings. The van der Waals surface area contributed by atoms with Gasteiger partial charge in [0.2, 0.25) is 5.88 Å². The topological polar surface area (TPSA) is 84.0 Å². The smallest absolute Gasteiger partial charge is 0.420 e. The lowest BCUT2D eigenvalue weighted by atomic mass is 10.1. The minimum absolute atomic E-state index is 0.0452. The van der Waals surface area contributed by atoms with Gasteiger partial charge in [0.15, 0.2) is 0 Å². The fourth-order valence-corrected chi connectivity index (χ4v) is 3.36. The Labute approximate surface area is 218 Å². The van der Waals surface area contributed by atoms with Gasteiger partial charge in [-0.2, -0.15) is 13.2 Å². The number of carbonyl (C=O) groups excluding carboxylic acids is 2. The lowest BCUT2D eigenvalue weighted by Crippen LogP contribution is -2.24. The van der Waals surface area contributed by atoms with E-state index in [4.69, 9.17) is 14.2 Å². The van der Waals surface area contributed by atoms with Crippen molar-refractivity contribution < 1.29 is 41.7 Å². The average Bonchev–Trinajstić information content (AvgIpc) is 2.82. The van der Waals surface area contributed by atoms with Crippen molar-refractivity contribution >= 4 is 11.9 Å². The van der Waals surface area contributed by atoms with Crippen LogP contribution in [-0.2, 0) is 38.1 Å². The largest absolute Gasteiger partial charge is 0.469 e. The predicted molar refractivity (Wildman–Crippen MR) is 132 cm³/mol. The SMILES string of the molecule is COC(=O)Cc1cccc(Oc2ccc(Oc3cccc(CCC(=O)OC(C)(C)C)n3)cc2C(F)(F)F)c1. The number of nitrogens with zero attached hydrogens (tertiary/aromatic N) is 1. The minimum Gasteiger partial charge on any atom is -0.469 e. The first-order chi connectivity index (χ1) is 17.8. The highest BCUT2D eigenvalue weighted by molar-refractivity contribution is 5.72. The maximum atomic E-state index is 13.9. The van der Waals surface area contributed by atoms with Crippen LogP contribution in [0.3, 0.4) is 0 Å². The molecule has 38 heavy (non-hydrogen) atoms. The van der Waals surface area contributed by atoms with Crippen LogP contribution in [0.25, 0.3) is 0 Å². The summed E-state index contributed by atoms with van der Waals surface area (Å²) < 4.78 is 62.6. The summed E-state index contributed by atoms with van der Waals surface area (Å²) in [4.78, 5) is 27.7. The molecule has 1 heterocycles. The van der Waals surface area contributed by atoms with E-state index in [9.17, 15) is 22.8 Å². The number of methoxy groups -OCH3 is 1. The Morgan fingerprint density at radius 1 is 0.868 bits per heavy atom. The molecule has 0 bridgehead atoms. The zero-order valence-corrected chi connectivity index (χ0v) is 21.4. The molecule has 3 rings (SSSR count). The van der Waals surface area contributed by atoms with Gasteiger partial charge < -0.3 is 18.9 Å². The van der Waals surface area contributed by atoms with Gasteiger partial charge in [0.05, 0.1) is 20.0 Å². The van der Waals surface area contributed by atoms with Crippen LogP contribution in [0.5, 0.6) is 23.1 Å². The molecule has 0 saturated heterocycles. The number of hydrogen-bond acceptors (Lipinski definition) is 7. The van der Waals surface area contributed by atoms with E-state index in [1.807, 2.05) is 0 Å². The summed E-state index contributed by atoms with van der Waals surface area (Å²) in [5, 5.41) is 0. The minimum atomic E-state index is -4.74. The van der Waals surface area contributed by atoms with Gasteiger partial charge in [-0.25, -0.2) is 4.98 Å². The number of esters is 2. The zero-order chi connectivity index (χ0) is 27.9. The molecule has 0 spiro atoms. The number of hydrogen-bond donors (Lipinski definition) is 0. The number of carbonyl (C=O) groups is 2. The van der Waals surface area contributed by atoms with Crippen LogP contribution in [0, 0.1) is 0 Å². The lowest BCUT2D eigenvalue weighted by Gasteiger charge is -2.19. The van der Waals surface area contributed by atoms with Crippen molar-refractivity contribution in [1.82, 2.24) is 4.98 Å². The maximum Gasteiger partial charge on any atom is 0.420 e. The predicted octanol–water partition coefficient (Wildman–Crippen LogP) is 6.67. The Morgan fingerprint density at radius 2 is 1.58 bits per heavy atom. The van der Waals surface area contributed by atoms with Gasteiger partial charge in [0.1, 0.15) is 28.4 Å². The van der Waals surface area contributed by atoms with E-state index in [0.29, 0.717) is 11.3 Å². The van der Waals surface area contributed by atoms with E-state index in [2.05, 4.69) is 9.72 Å². The Bertz CT molecular complexity index is 1280. The third kappa shape index (κ3) is 8.79. The highest BCUT2D eigenvalue weighted by Crippen LogP contribution is 2.41. The number of benzene rings is 2. The first-order valence-electron chi connectivity index (χ1n) is 11.7. The third-order valence-electron chi connectivity index (χ3n) is 4.97. The molecule has 0 aliphatic carbocycles. The fraction of sp³-hybridized carbons (Fsp3) is 0.321. The van der Waals surface area contributed by atoms with Crippen molar-refractivity contribution in [3.8, 4) is 23.1 Å². The second-order valence-electron chi connectivity index (χ2n) is 9.31. The van der Waals surface area contributed by atoms with Crippen molar-refractivity contribution in [2.75, 3.05) is 7.11 Å². The maximum absolute atomic E-state index is 13.9. The number of alkyl halides is 3. The molecule has 10 heteroatoms. The molecular formula is C28H28F3NO6. The molecule has 0 saturated carbocycles. The first-order valence-corrected chi connectivity index (χ1v) is 11.7. The van der Waals surface area contributed by atoms with Crippen molar-refractivity contribution in [2.45, 2.75) is 51.8 Å². The summed E-state index contributed by atoms with van der Waals surface area (Å²) in [6.45, 7) is 5.31. The number of halogens is 3. The normalized spacial score (nSPS) is 11.6. The molecule has 0 amide bonds. The van der Waals surface area contributed by atoms with Crippen molar-refractivity contribution in [3.63, 3.8) is 0 Å². The lowest BCUT2D eigenvalue weighted by molar-refractivity contribution is -0.154. The molecule has 3 aromatic rings. The summed E-state index contributed by atoms with van der Waals surface area (Å²) in [6.07, 6.45) is -4.40. The fourth-order valence-electron chi connectivity index (χ4n) is 3.36. The standard InChI is InChI=1S/C28H28F3NO6/c1-27(2,3)38-25(33)14-11-19-8-6-10-24(32-19)37-21-12-13-23(22(17-21)28(29,30)31)36-20-9-5-7-18(15-20)16-26(34)35-4/h5-10,12-13,15,17H,11,14,16H2,1-4H3. The van der Waals surface area contributed by atoms with E-state index in [1.165, 1.54) is 31.4 Å². The number of rotatable bonds is 9. The van der Waals surface area contributed by atoms with Crippen LogP contribution in [-0.4, -0.2) is 29.6 Å². The van der Waals surface area contributed by atoms with Crippen LogP contribution in [0.2, 0.25) is 0 Å². The quantitative estimate of drug-likeness (QED) is 0.285. The van der Waals surface area contributed by atoms with E-state index < -0.39 is 29.1 Å². The van der Waals surface area contributed by atoms with Gasteiger partial charge in [-0.3, -0.25) is 9.59 Å². The Hall–Kier alpha value is -4.08. The highest BCUT2D eigenvalue weighted by Gasteiger charge is 2.35. The highest BCUT2D eigenvalue weighted by atomic mass is 19.4. The van der Waals surface area contributed by atoms with Gasteiger partial charge in [-0.05, 0) is 62.7 Å². The molecule has 0 fully saturated rings. The second kappa shape index (κ2) is 12.0. The number of aromatic nitrogens is 1. The molecule has 0 unspecified atom stereocenters. The van der Waals surface area contributed by atoms with Crippen molar-refractivity contribution in [1.29, 1.82) is 0 Å². The summed E-state index contributed by atoms with van der Waals surface area (Å²) >= 11 is 0. The van der Waals surface area contributed by atoms with Gasteiger partial charge in [-0.1, -0.05) is 18.2 Å². The van der Waals surface area contributed by atoms with E-state index >= 15 is 0 Å². The molecule has 0 N–H and O–H groups in total. The average molecular weight is 532 g/mol. The Kier molecular flexibility index (Phi) is 8.98. The van der Waals surface area contributed by atoms with E-state index in [0.717, 1.165) is 12.1 Å². The van der Waals surface area contributed by atoms with Crippen molar-refractivity contribution in [3.05, 3.63) is 77.5 Å². The molecule has 2 aromatic carbocycles. The van der Waals surface area contributed by atoms with E-state index in [-0.39, 0.29) is 42.6 Å². The summed E-state index contributed by atoms with van der Waals surface area (Å²) in [5.74, 6) is -1.19. The second-order valence-corrected chi connectivity index (χ2v) is 9.31. The number of ether oxygens (including phenoxy) is 4. The summed E-state index contributed by atoms with van der Waals surface area (Å²) in [5.41, 5.74) is -0.598. The van der Waals surface area contributed by atoms with Crippen LogP contribution < -0.4 is 9.47 Å². The third-order valence-corrected chi connectivity index (χ3v) is 4.97. The molecule has 1 aromatic heterocycles. The van der Waals surface area contributed by atoms with Gasteiger partial charge in [0.25, 0.3) is 0 Å². The Balaban J connectivity index is 1.76. The van der Waals surface area contributed by atoms with Gasteiger partial charge >= 0.3 is 18.1 Å². The molecule has 7 nitrogen and oxygen atoms in total. The van der Waals surface area contributed by atoms with Crippen LogP contribution >= 0.6 is 0 Å². The van der Waals surface area contributed by atoms with Crippen LogP contribution in [0.4, 0.5) is 13.2 Å². The summed E-state index contributed by atoms with van der Waals surface area (Å²) in [7, 11) is 1.25. The molecular weight excluding hydrogens is 503 g/mol. The molecule has 202 valence electrons. The Morgan fingerprint density at radius 3 is 2.26 bits per heavy atom. The van der Waals surface area contributed by atoms with Crippen molar-refractivity contribution in [2.24, 2.45) is 0 Å². The molecule has 0 radical (unpaired) electrons. The zero-order valence-electron chi connectivity index (χ0n) is 21.4. The summed E-state index contributed by atoms with van der Waals surface area (Å²) in [6, 6.07) is 14.3. The van der Waals surface area contributed by atoms with Gasteiger partial charge in [-0.15, -0.1) is 0 Å². The number of pyridine rings is 1. The van der Waals surface area contributed by atoms with Crippen LogP contribution in [0.15, 0.2) is 60.7 Å². The number of aryl methyl sites for hydroxylation is 1. The van der Waals surface area contributed by atoms with Gasteiger partial charge in [0, 0.05) is 18.2 Å².